The van der Waals surface area contributed by atoms with Crippen LogP contribution in [0.15, 0.2) is 36.7 Å². The van der Waals surface area contributed by atoms with Crippen molar-refractivity contribution in [3.63, 3.8) is 0 Å². The van der Waals surface area contributed by atoms with E-state index in [-0.39, 0.29) is 11.2 Å². The summed E-state index contributed by atoms with van der Waals surface area (Å²) in [5.41, 5.74) is 2.03. The van der Waals surface area contributed by atoms with Crippen LogP contribution in [0.25, 0.3) is 0 Å². The molecule has 156 valence electrons. The number of hydrogen-bond acceptors (Lipinski definition) is 5. The third-order valence-corrected chi connectivity index (χ3v) is 6.31. The van der Waals surface area contributed by atoms with Gasteiger partial charge in [-0.3, -0.25) is 0 Å². The van der Waals surface area contributed by atoms with Crippen LogP contribution >= 0.6 is 0 Å². The number of nitrogens with zero attached hydrogens (tertiary/aromatic N) is 3. The van der Waals surface area contributed by atoms with Crippen LogP contribution in [0.3, 0.4) is 0 Å². The molecule has 3 heterocycles. The van der Waals surface area contributed by atoms with Crippen molar-refractivity contribution >= 4 is 5.95 Å². The second-order valence-corrected chi connectivity index (χ2v) is 8.59. The molecule has 2 fully saturated rings. The zero-order valence-corrected chi connectivity index (χ0v) is 17.2. The fourth-order valence-corrected chi connectivity index (χ4v) is 4.57. The van der Waals surface area contributed by atoms with Gasteiger partial charge in [0.05, 0.1) is 0 Å². The van der Waals surface area contributed by atoms with Crippen LogP contribution in [-0.4, -0.2) is 42.8 Å². The number of halogens is 1. The summed E-state index contributed by atoms with van der Waals surface area (Å²) in [6, 6.07) is 7.01. The molecule has 0 amide bonds. The highest BCUT2D eigenvalue weighted by Gasteiger charge is 2.34. The molecule has 4 rings (SSSR count). The van der Waals surface area contributed by atoms with Crippen LogP contribution in [0, 0.1) is 11.7 Å². The van der Waals surface area contributed by atoms with Gasteiger partial charge in [0.15, 0.2) is 0 Å². The van der Waals surface area contributed by atoms with Crippen molar-refractivity contribution in [1.82, 2.24) is 15.3 Å². The molecule has 0 aliphatic carbocycles. The van der Waals surface area contributed by atoms with Crippen LogP contribution in [0.5, 0.6) is 0 Å². The highest BCUT2D eigenvalue weighted by Crippen LogP contribution is 2.34. The summed E-state index contributed by atoms with van der Waals surface area (Å²) in [6.45, 7) is 7.28. The van der Waals surface area contributed by atoms with Crippen LogP contribution in [0.1, 0.15) is 43.7 Å². The van der Waals surface area contributed by atoms with E-state index >= 15 is 0 Å². The Bertz CT molecular complexity index is 792. The molecule has 5 nitrogen and oxygen atoms in total. The van der Waals surface area contributed by atoms with Crippen molar-refractivity contribution in [2.45, 2.75) is 44.6 Å². The summed E-state index contributed by atoms with van der Waals surface area (Å²) in [5.74, 6) is 1.36. The predicted octanol–water partition coefficient (Wildman–Crippen LogP) is 3.69. The highest BCUT2D eigenvalue weighted by molar-refractivity contribution is 5.31. The van der Waals surface area contributed by atoms with E-state index in [1.54, 1.807) is 12.1 Å². The second-order valence-electron chi connectivity index (χ2n) is 8.59. The molecule has 2 saturated heterocycles. The van der Waals surface area contributed by atoms with Crippen LogP contribution in [0.4, 0.5) is 10.3 Å². The summed E-state index contributed by atoms with van der Waals surface area (Å²) in [5, 5.41) is 3.56. The third-order valence-electron chi connectivity index (χ3n) is 6.31. The maximum atomic E-state index is 13.8. The van der Waals surface area contributed by atoms with Gasteiger partial charge in [-0.25, -0.2) is 14.4 Å². The Labute approximate surface area is 172 Å². The van der Waals surface area contributed by atoms with Gasteiger partial charge >= 0.3 is 0 Å². The molecule has 1 aromatic carbocycles. The summed E-state index contributed by atoms with van der Waals surface area (Å²) in [6.07, 6.45) is 8.13. The zero-order valence-electron chi connectivity index (χ0n) is 17.2. The van der Waals surface area contributed by atoms with Crippen LogP contribution in [0.2, 0.25) is 0 Å². The molecule has 29 heavy (non-hydrogen) atoms. The van der Waals surface area contributed by atoms with E-state index in [0.717, 1.165) is 49.6 Å². The Balaban J connectivity index is 1.37. The fraction of sp³-hybridized carbons (Fsp3) is 0.565. The van der Waals surface area contributed by atoms with Gasteiger partial charge in [-0.2, -0.15) is 0 Å². The molecule has 1 N–H and O–H groups in total. The third kappa shape index (κ3) is 4.93. The molecule has 6 heteroatoms. The van der Waals surface area contributed by atoms with E-state index in [9.17, 15) is 4.39 Å². The van der Waals surface area contributed by atoms with Crippen molar-refractivity contribution in [3.8, 4) is 0 Å². The van der Waals surface area contributed by atoms with E-state index in [2.05, 4.69) is 27.1 Å². The quantitative estimate of drug-likeness (QED) is 0.804. The number of ether oxygens (including phenoxy) is 1. The summed E-state index contributed by atoms with van der Waals surface area (Å²) in [4.78, 5) is 11.5. The van der Waals surface area contributed by atoms with Gasteiger partial charge in [0.2, 0.25) is 5.95 Å². The number of hydrogen-bond donors (Lipinski definition) is 1. The summed E-state index contributed by atoms with van der Waals surface area (Å²) >= 11 is 0. The normalized spacial score (nSPS) is 21.9. The number of benzene rings is 1. The lowest BCUT2D eigenvalue weighted by Gasteiger charge is -2.38. The van der Waals surface area contributed by atoms with Crippen molar-refractivity contribution in [2.24, 2.45) is 5.92 Å². The van der Waals surface area contributed by atoms with Gasteiger partial charge in [-0.05, 0) is 49.3 Å². The second kappa shape index (κ2) is 9.18. The first-order chi connectivity index (χ1) is 14.1. The molecule has 0 saturated carbocycles. The maximum absolute atomic E-state index is 13.8. The summed E-state index contributed by atoms with van der Waals surface area (Å²) < 4.78 is 19.4. The Morgan fingerprint density at radius 3 is 2.76 bits per heavy atom. The molecule has 2 aliphatic heterocycles. The first-order valence-corrected chi connectivity index (χ1v) is 10.7. The Hall–Kier alpha value is -2.05. The monoisotopic (exact) mass is 398 g/mol. The maximum Gasteiger partial charge on any atom is 0.225 e. The molecule has 2 aromatic rings. The van der Waals surface area contributed by atoms with Crippen molar-refractivity contribution in [2.75, 3.05) is 37.7 Å². The SMILES string of the molecule is C[C@H]1CCCN(c2ncc(CNCC3(c4cccc(F)c4)CCOCC3)cn2)C1. The average molecular weight is 399 g/mol. The standard InChI is InChI=1S/C23H31FN4O/c1-18-4-3-9-28(16-18)22-26-14-19(15-27-22)13-25-17-23(7-10-29-11-8-23)20-5-2-6-21(24)12-20/h2,5-6,12,14-15,18,25H,3-4,7-11,13,16-17H2,1H3/t18-/m0/s1. The minimum Gasteiger partial charge on any atom is -0.381 e. The lowest BCUT2D eigenvalue weighted by molar-refractivity contribution is 0.0496. The summed E-state index contributed by atoms with van der Waals surface area (Å²) in [7, 11) is 0. The molecule has 1 atom stereocenters. The highest BCUT2D eigenvalue weighted by atomic mass is 19.1. The van der Waals surface area contributed by atoms with Gasteiger partial charge < -0.3 is 15.0 Å². The number of nitrogens with one attached hydrogen (secondary N) is 1. The molecule has 1 aromatic heterocycles. The van der Waals surface area contributed by atoms with E-state index in [1.807, 2.05) is 18.5 Å². The van der Waals surface area contributed by atoms with E-state index in [0.29, 0.717) is 25.7 Å². The number of aromatic nitrogens is 2. The van der Waals surface area contributed by atoms with Crippen molar-refractivity contribution < 1.29 is 9.13 Å². The number of anilines is 1. The van der Waals surface area contributed by atoms with Gasteiger partial charge in [-0.1, -0.05) is 19.1 Å². The zero-order chi connectivity index (χ0) is 20.1. The minimum absolute atomic E-state index is 0.0922. The number of rotatable bonds is 6. The molecule has 2 aliphatic rings. The minimum atomic E-state index is -0.176. The van der Waals surface area contributed by atoms with Crippen molar-refractivity contribution in [3.05, 3.63) is 53.6 Å². The first kappa shape index (κ1) is 20.2. The molecule has 0 spiro atoms. The molecule has 0 unspecified atom stereocenters. The molecule has 0 radical (unpaired) electrons. The molecular weight excluding hydrogens is 367 g/mol. The Morgan fingerprint density at radius 2 is 2.03 bits per heavy atom. The van der Waals surface area contributed by atoms with Crippen molar-refractivity contribution in [1.29, 1.82) is 0 Å². The lowest BCUT2D eigenvalue weighted by Crippen LogP contribution is -2.42. The Kier molecular flexibility index (Phi) is 6.40. The van der Waals surface area contributed by atoms with Gasteiger partial charge in [0.25, 0.3) is 0 Å². The smallest absolute Gasteiger partial charge is 0.225 e. The van der Waals surface area contributed by atoms with Gasteiger partial charge in [0, 0.05) is 62.8 Å². The largest absolute Gasteiger partial charge is 0.381 e. The van der Waals surface area contributed by atoms with E-state index < -0.39 is 0 Å². The topological polar surface area (TPSA) is 50.3 Å². The number of piperidine rings is 1. The first-order valence-electron chi connectivity index (χ1n) is 10.7. The van der Waals surface area contributed by atoms with Gasteiger partial charge in [0.1, 0.15) is 5.82 Å². The fourth-order valence-electron chi connectivity index (χ4n) is 4.57. The predicted molar refractivity (Wildman–Crippen MR) is 112 cm³/mol. The van der Waals surface area contributed by atoms with E-state index in [1.165, 1.54) is 18.9 Å². The van der Waals surface area contributed by atoms with Gasteiger partial charge in [-0.15, -0.1) is 0 Å². The lowest BCUT2D eigenvalue weighted by atomic mass is 9.74. The Morgan fingerprint density at radius 1 is 1.24 bits per heavy atom. The molecular formula is C23H31FN4O. The molecule has 0 bridgehead atoms. The van der Waals surface area contributed by atoms with Crippen LogP contribution < -0.4 is 10.2 Å². The van der Waals surface area contributed by atoms with Crippen LogP contribution in [-0.2, 0) is 16.7 Å². The average Bonchev–Trinajstić information content (AvgIpc) is 2.75. The van der Waals surface area contributed by atoms with E-state index in [4.69, 9.17) is 4.74 Å².